The van der Waals surface area contributed by atoms with Crippen LogP contribution >= 0.6 is 15.9 Å². The number of rotatable bonds is 10. The van der Waals surface area contributed by atoms with E-state index in [1.54, 1.807) is 0 Å². The van der Waals surface area contributed by atoms with Gasteiger partial charge in [0.05, 0.1) is 12.7 Å². The highest BCUT2D eigenvalue weighted by molar-refractivity contribution is 9.10. The van der Waals surface area contributed by atoms with Crippen LogP contribution in [-0.2, 0) is 4.74 Å². The lowest BCUT2D eigenvalue weighted by Crippen LogP contribution is -2.22. The van der Waals surface area contributed by atoms with Crippen LogP contribution in [-0.4, -0.2) is 20.2 Å². The quantitative estimate of drug-likeness (QED) is 0.650. The lowest BCUT2D eigenvalue weighted by atomic mass is 10.0. The lowest BCUT2D eigenvalue weighted by molar-refractivity contribution is 0.0260. The van der Waals surface area contributed by atoms with Gasteiger partial charge in [0.1, 0.15) is 0 Å². The van der Waals surface area contributed by atoms with E-state index in [4.69, 9.17) is 4.74 Å². The zero-order valence-corrected chi connectivity index (χ0v) is 14.6. The molecular formula is C17H28BrNO. The molecule has 3 heteroatoms. The van der Waals surface area contributed by atoms with Crippen molar-refractivity contribution in [3.63, 3.8) is 0 Å². The predicted molar refractivity (Wildman–Crippen MR) is 90.1 cm³/mol. The third-order valence-corrected chi connectivity index (χ3v) is 4.18. The van der Waals surface area contributed by atoms with Crippen LogP contribution in [0, 0.1) is 5.92 Å². The Bertz CT molecular complexity index is 370. The molecule has 0 fully saturated rings. The first kappa shape index (κ1) is 17.7. The van der Waals surface area contributed by atoms with Gasteiger partial charge in [-0.2, -0.15) is 0 Å². The number of nitrogens with one attached hydrogen (secondary N) is 1. The molecule has 2 nitrogen and oxygen atoms in total. The van der Waals surface area contributed by atoms with Gasteiger partial charge in [-0.05, 0) is 37.1 Å². The summed E-state index contributed by atoms with van der Waals surface area (Å²) in [7, 11) is 1.97. The molecule has 114 valence electrons. The first-order chi connectivity index (χ1) is 9.71. The molecule has 0 bridgehead atoms. The Morgan fingerprint density at radius 1 is 1.30 bits per heavy atom. The molecular weight excluding hydrogens is 314 g/mol. The van der Waals surface area contributed by atoms with Gasteiger partial charge in [0.25, 0.3) is 0 Å². The normalized spacial score (nSPS) is 14.2. The maximum atomic E-state index is 6.19. The van der Waals surface area contributed by atoms with Gasteiger partial charge in [0.2, 0.25) is 0 Å². The fourth-order valence-corrected chi connectivity index (χ4v) is 2.73. The number of likely N-dealkylation sites (N-methyl/N-ethyl adjacent to an activating group) is 1. The summed E-state index contributed by atoms with van der Waals surface area (Å²) in [5.74, 6) is 0.682. The molecule has 0 aliphatic carbocycles. The van der Waals surface area contributed by atoms with Gasteiger partial charge < -0.3 is 10.1 Å². The highest BCUT2D eigenvalue weighted by atomic mass is 79.9. The fraction of sp³-hybridized carbons (Fsp3) is 0.647. The van der Waals surface area contributed by atoms with Crippen molar-refractivity contribution in [3.8, 4) is 0 Å². The third kappa shape index (κ3) is 6.38. The maximum absolute atomic E-state index is 6.19. The summed E-state index contributed by atoms with van der Waals surface area (Å²) in [4.78, 5) is 0. The van der Waals surface area contributed by atoms with Crippen molar-refractivity contribution in [3.05, 3.63) is 34.3 Å². The molecule has 0 amide bonds. The first-order valence-corrected chi connectivity index (χ1v) is 8.52. The van der Waals surface area contributed by atoms with E-state index < -0.39 is 0 Å². The van der Waals surface area contributed by atoms with Crippen molar-refractivity contribution >= 4 is 15.9 Å². The zero-order chi connectivity index (χ0) is 14.8. The van der Waals surface area contributed by atoms with Gasteiger partial charge in [-0.3, -0.25) is 0 Å². The second kappa shape index (κ2) is 10.4. The minimum absolute atomic E-state index is 0.133. The zero-order valence-electron chi connectivity index (χ0n) is 13.0. The van der Waals surface area contributed by atoms with Crippen molar-refractivity contribution < 1.29 is 4.74 Å². The van der Waals surface area contributed by atoms with Crippen LogP contribution in [0.2, 0.25) is 0 Å². The van der Waals surface area contributed by atoms with Crippen molar-refractivity contribution in [1.82, 2.24) is 5.32 Å². The Morgan fingerprint density at radius 3 is 2.70 bits per heavy atom. The number of unbranched alkanes of at least 4 members (excludes halogenated alkanes) is 1. The van der Waals surface area contributed by atoms with Gasteiger partial charge in [-0.1, -0.05) is 61.2 Å². The Labute approximate surface area is 132 Å². The molecule has 1 aromatic rings. The average molecular weight is 342 g/mol. The molecule has 1 N–H and O–H groups in total. The lowest BCUT2D eigenvalue weighted by Gasteiger charge is -2.22. The van der Waals surface area contributed by atoms with Crippen LogP contribution in [0.15, 0.2) is 28.7 Å². The molecule has 1 rings (SSSR count). The maximum Gasteiger partial charge on any atom is 0.0949 e. The van der Waals surface area contributed by atoms with Gasteiger partial charge in [-0.15, -0.1) is 0 Å². The van der Waals surface area contributed by atoms with Gasteiger partial charge in [0.15, 0.2) is 0 Å². The molecule has 0 aliphatic heterocycles. The topological polar surface area (TPSA) is 21.3 Å². The largest absolute Gasteiger partial charge is 0.372 e. The number of halogens is 1. The Morgan fingerprint density at radius 2 is 2.10 bits per heavy atom. The molecule has 0 radical (unpaired) electrons. The van der Waals surface area contributed by atoms with Gasteiger partial charge in [0, 0.05) is 11.0 Å². The van der Waals surface area contributed by atoms with Crippen LogP contribution in [0.5, 0.6) is 0 Å². The molecule has 20 heavy (non-hydrogen) atoms. The van der Waals surface area contributed by atoms with Crippen LogP contribution < -0.4 is 5.32 Å². The van der Waals surface area contributed by atoms with Crippen LogP contribution in [0.4, 0.5) is 0 Å². The van der Waals surface area contributed by atoms with Crippen LogP contribution in [0.3, 0.4) is 0 Å². The summed E-state index contributed by atoms with van der Waals surface area (Å²) in [6.45, 7) is 6.21. The van der Waals surface area contributed by atoms with E-state index >= 15 is 0 Å². The smallest absolute Gasteiger partial charge is 0.0949 e. The van der Waals surface area contributed by atoms with Crippen molar-refractivity contribution in [2.45, 2.75) is 45.6 Å². The molecule has 0 spiro atoms. The molecule has 0 aliphatic rings. The van der Waals surface area contributed by atoms with Crippen LogP contribution in [0.1, 0.15) is 51.2 Å². The molecule has 0 aromatic heterocycles. The monoisotopic (exact) mass is 341 g/mol. The van der Waals surface area contributed by atoms with Gasteiger partial charge in [-0.25, -0.2) is 0 Å². The second-order valence-corrected chi connectivity index (χ2v) is 6.27. The summed E-state index contributed by atoms with van der Waals surface area (Å²) in [6.07, 6.45) is 5.17. The summed E-state index contributed by atoms with van der Waals surface area (Å²) in [5, 5.41) is 3.23. The Balaban J connectivity index is 2.58. The summed E-state index contributed by atoms with van der Waals surface area (Å²) in [5.41, 5.74) is 1.24. The molecule has 2 atom stereocenters. The summed E-state index contributed by atoms with van der Waals surface area (Å²) < 4.78 is 7.30. The fourth-order valence-electron chi connectivity index (χ4n) is 2.32. The minimum atomic E-state index is 0.133. The Hall–Kier alpha value is -0.380. The highest BCUT2D eigenvalue weighted by Gasteiger charge is 2.14. The number of hydrogen-bond donors (Lipinski definition) is 1. The average Bonchev–Trinajstić information content (AvgIpc) is 2.46. The van der Waals surface area contributed by atoms with E-state index in [-0.39, 0.29) is 6.10 Å². The number of ether oxygens (including phenoxy) is 1. The highest BCUT2D eigenvalue weighted by Crippen LogP contribution is 2.23. The summed E-state index contributed by atoms with van der Waals surface area (Å²) in [6, 6.07) is 8.41. The Kier molecular flexibility index (Phi) is 9.16. The van der Waals surface area contributed by atoms with E-state index in [0.717, 1.165) is 17.6 Å². The van der Waals surface area contributed by atoms with E-state index in [1.807, 2.05) is 7.05 Å². The molecule has 0 saturated heterocycles. The van der Waals surface area contributed by atoms with E-state index in [1.165, 1.54) is 31.2 Å². The first-order valence-electron chi connectivity index (χ1n) is 7.72. The van der Waals surface area contributed by atoms with Crippen molar-refractivity contribution in [2.24, 2.45) is 5.92 Å². The predicted octanol–water partition coefficient (Wildman–Crippen LogP) is 4.94. The molecule has 2 unspecified atom stereocenters. The van der Waals surface area contributed by atoms with Gasteiger partial charge >= 0.3 is 0 Å². The van der Waals surface area contributed by atoms with Crippen LogP contribution in [0.25, 0.3) is 0 Å². The summed E-state index contributed by atoms with van der Waals surface area (Å²) >= 11 is 3.53. The van der Waals surface area contributed by atoms with E-state index in [2.05, 4.69) is 59.4 Å². The van der Waals surface area contributed by atoms with E-state index in [0.29, 0.717) is 5.92 Å². The van der Waals surface area contributed by atoms with Crippen molar-refractivity contribution in [2.75, 3.05) is 20.2 Å². The third-order valence-electron chi connectivity index (χ3n) is 3.69. The SMILES string of the molecule is CCCCC(CC)COC(CNC)c1cccc(Br)c1. The second-order valence-electron chi connectivity index (χ2n) is 5.35. The molecule has 0 heterocycles. The van der Waals surface area contributed by atoms with Crippen molar-refractivity contribution in [1.29, 1.82) is 0 Å². The number of benzene rings is 1. The number of hydrogen-bond acceptors (Lipinski definition) is 2. The molecule has 1 aromatic carbocycles. The van der Waals surface area contributed by atoms with E-state index in [9.17, 15) is 0 Å². The molecule has 0 saturated carbocycles. The minimum Gasteiger partial charge on any atom is -0.372 e. The standard InChI is InChI=1S/C17H28BrNO/c1-4-6-8-14(5-2)13-20-17(12-19-3)15-9-7-10-16(18)11-15/h7,9-11,14,17,19H,4-6,8,12-13H2,1-3H3.